The van der Waals surface area contributed by atoms with Crippen molar-refractivity contribution in [3.63, 3.8) is 0 Å². The summed E-state index contributed by atoms with van der Waals surface area (Å²) in [7, 11) is 0. The second-order valence-corrected chi connectivity index (χ2v) is 10.0. The molecule has 0 atom stereocenters. The number of rotatable bonds is 26. The molecular formula is C32H60O4Pt. The van der Waals surface area contributed by atoms with Crippen LogP contribution >= 0.6 is 0 Å². The molecule has 0 aliphatic heterocycles. The topological polar surface area (TPSA) is 74.6 Å². The Balaban J connectivity index is -0.000000608. The van der Waals surface area contributed by atoms with Crippen LogP contribution in [0, 0.1) is 0 Å². The Kier molecular flexibility index (Phi) is 40.9. The van der Waals surface area contributed by atoms with E-state index in [1.165, 1.54) is 116 Å². The van der Waals surface area contributed by atoms with E-state index in [1.807, 2.05) is 0 Å². The summed E-state index contributed by atoms with van der Waals surface area (Å²) < 4.78 is 0. The van der Waals surface area contributed by atoms with Crippen molar-refractivity contribution in [2.45, 2.75) is 168 Å². The zero-order valence-corrected chi connectivity index (χ0v) is 26.6. The van der Waals surface area contributed by atoms with Gasteiger partial charge in [0.05, 0.1) is 0 Å². The van der Waals surface area contributed by atoms with E-state index in [4.69, 9.17) is 10.2 Å². The molecule has 0 aromatic heterocycles. The third-order valence-corrected chi connectivity index (χ3v) is 6.30. The van der Waals surface area contributed by atoms with E-state index in [0.29, 0.717) is 12.8 Å². The van der Waals surface area contributed by atoms with Gasteiger partial charge >= 0.3 is 11.9 Å². The van der Waals surface area contributed by atoms with Gasteiger partial charge in [0.25, 0.3) is 0 Å². The molecule has 0 saturated carbocycles. The van der Waals surface area contributed by atoms with Crippen molar-refractivity contribution in [3.05, 3.63) is 24.3 Å². The fraction of sp³-hybridized carbons (Fsp3) is 0.812. The fourth-order valence-corrected chi connectivity index (χ4v) is 3.99. The summed E-state index contributed by atoms with van der Waals surface area (Å²) in [5, 5.41) is 17.0. The summed E-state index contributed by atoms with van der Waals surface area (Å²) in [5.74, 6) is -1.33. The van der Waals surface area contributed by atoms with E-state index in [9.17, 15) is 9.59 Å². The number of carboxylic acid groups (broad SMARTS) is 2. The first kappa shape index (κ1) is 40.6. The molecule has 0 heterocycles. The van der Waals surface area contributed by atoms with Crippen molar-refractivity contribution in [3.8, 4) is 0 Å². The van der Waals surface area contributed by atoms with Gasteiger partial charge in [0.15, 0.2) is 0 Å². The predicted octanol–water partition coefficient (Wildman–Crippen LogP) is 10.7. The predicted molar refractivity (Wildman–Crippen MR) is 156 cm³/mol. The van der Waals surface area contributed by atoms with Crippen molar-refractivity contribution in [1.29, 1.82) is 0 Å². The van der Waals surface area contributed by atoms with Gasteiger partial charge in [0, 0.05) is 33.9 Å². The largest absolute Gasteiger partial charge is 0.481 e. The summed E-state index contributed by atoms with van der Waals surface area (Å²) in [6.07, 6.45) is 36.6. The Morgan fingerprint density at radius 1 is 0.432 bits per heavy atom. The summed E-state index contributed by atoms with van der Waals surface area (Å²) in [6.45, 7) is 4.48. The summed E-state index contributed by atoms with van der Waals surface area (Å²) in [6, 6.07) is 0. The number of hydrogen-bond acceptors (Lipinski definition) is 2. The molecule has 0 rings (SSSR count). The van der Waals surface area contributed by atoms with Crippen molar-refractivity contribution in [2.75, 3.05) is 0 Å². The monoisotopic (exact) mass is 703 g/mol. The van der Waals surface area contributed by atoms with Crippen LogP contribution in [0.1, 0.15) is 168 Å². The number of unbranched alkanes of at least 4 members (excludes halogenated alkanes) is 18. The summed E-state index contributed by atoms with van der Waals surface area (Å²) >= 11 is 0. The smallest absolute Gasteiger partial charge is 0.303 e. The van der Waals surface area contributed by atoms with Crippen LogP contribution in [0.3, 0.4) is 0 Å². The van der Waals surface area contributed by atoms with Crippen LogP contribution in [0.2, 0.25) is 0 Å². The molecule has 5 heteroatoms. The van der Waals surface area contributed by atoms with Gasteiger partial charge in [0.2, 0.25) is 0 Å². The molecule has 4 nitrogen and oxygen atoms in total. The van der Waals surface area contributed by atoms with Crippen molar-refractivity contribution in [1.82, 2.24) is 0 Å². The third-order valence-electron chi connectivity index (χ3n) is 6.30. The molecule has 0 saturated heterocycles. The van der Waals surface area contributed by atoms with Crippen molar-refractivity contribution < 1.29 is 40.9 Å². The molecule has 0 amide bonds. The van der Waals surface area contributed by atoms with E-state index >= 15 is 0 Å². The second kappa shape index (κ2) is 37.3. The summed E-state index contributed by atoms with van der Waals surface area (Å²) in [4.78, 5) is 20.6. The van der Waals surface area contributed by atoms with E-state index in [0.717, 1.165) is 25.7 Å². The fourth-order valence-electron chi connectivity index (χ4n) is 3.99. The maximum atomic E-state index is 10.3. The van der Waals surface area contributed by atoms with Gasteiger partial charge in [-0.15, -0.1) is 0 Å². The van der Waals surface area contributed by atoms with Gasteiger partial charge in [-0.05, 0) is 64.2 Å². The molecule has 0 bridgehead atoms. The standard InChI is InChI=1S/2C16H30O2.Pt/c2*1-2-3-4-5-6-7-8-9-10-11-12-13-14-15-16(17)18;/h2*7-8H,2-6,9-15H2,1H3,(H,17,18);/b2*8-7-;. The van der Waals surface area contributed by atoms with Gasteiger partial charge in [-0.3, -0.25) is 9.59 Å². The molecule has 0 fully saturated rings. The van der Waals surface area contributed by atoms with Gasteiger partial charge in [-0.25, -0.2) is 0 Å². The number of carbonyl (C=O) groups is 2. The molecule has 0 unspecified atom stereocenters. The molecule has 0 aliphatic carbocycles. The Morgan fingerprint density at radius 2 is 0.676 bits per heavy atom. The SMILES string of the molecule is CCCCCC/C=C\CCCCCCCC(=O)O.CCCCCC/C=C\CCCCCCCC(=O)O.[Pt]. The van der Waals surface area contributed by atoms with Crippen LogP contribution in [0.5, 0.6) is 0 Å². The Hall–Kier alpha value is -0.892. The van der Waals surface area contributed by atoms with E-state index in [-0.39, 0.29) is 21.1 Å². The average molecular weight is 704 g/mol. The maximum absolute atomic E-state index is 10.3. The van der Waals surface area contributed by atoms with Crippen molar-refractivity contribution >= 4 is 11.9 Å². The van der Waals surface area contributed by atoms with Gasteiger partial charge in [-0.2, -0.15) is 0 Å². The molecule has 0 spiro atoms. The Bertz CT molecular complexity index is 471. The van der Waals surface area contributed by atoms with Crippen molar-refractivity contribution in [2.24, 2.45) is 0 Å². The third kappa shape index (κ3) is 45.4. The van der Waals surface area contributed by atoms with Crippen LogP contribution in [0.4, 0.5) is 0 Å². The van der Waals surface area contributed by atoms with E-state index in [2.05, 4.69) is 38.2 Å². The average Bonchev–Trinajstić information content (AvgIpc) is 2.85. The van der Waals surface area contributed by atoms with Crippen LogP contribution in [0.25, 0.3) is 0 Å². The van der Waals surface area contributed by atoms with Crippen LogP contribution in [-0.2, 0) is 30.7 Å². The molecule has 0 aromatic carbocycles. The molecule has 0 aliphatic rings. The van der Waals surface area contributed by atoms with Crippen LogP contribution in [-0.4, -0.2) is 22.2 Å². The minimum absolute atomic E-state index is 0. The Labute approximate surface area is 244 Å². The molecule has 0 radical (unpaired) electrons. The normalized spacial score (nSPS) is 10.9. The van der Waals surface area contributed by atoms with Gasteiger partial charge < -0.3 is 10.2 Å². The molecule has 222 valence electrons. The van der Waals surface area contributed by atoms with Gasteiger partial charge in [0.1, 0.15) is 0 Å². The number of hydrogen-bond donors (Lipinski definition) is 2. The quantitative estimate of drug-likeness (QED) is 0.0695. The molecular weight excluding hydrogens is 643 g/mol. The first-order chi connectivity index (χ1) is 17.5. The minimum atomic E-state index is -0.666. The second-order valence-electron chi connectivity index (χ2n) is 10.0. The molecule has 2 N–H and O–H groups in total. The minimum Gasteiger partial charge on any atom is -0.481 e. The number of carboxylic acids is 2. The van der Waals surface area contributed by atoms with E-state index < -0.39 is 11.9 Å². The van der Waals surface area contributed by atoms with E-state index in [1.54, 1.807) is 0 Å². The zero-order chi connectivity index (χ0) is 27.0. The first-order valence-electron chi connectivity index (χ1n) is 15.3. The van der Waals surface area contributed by atoms with Gasteiger partial charge in [-0.1, -0.05) is 115 Å². The molecule has 0 aromatic rings. The number of aliphatic carboxylic acids is 2. The molecule has 37 heavy (non-hydrogen) atoms. The maximum Gasteiger partial charge on any atom is 0.303 e. The number of allylic oxidation sites excluding steroid dienone is 4. The zero-order valence-electron chi connectivity index (χ0n) is 24.3. The van der Waals surface area contributed by atoms with Crippen LogP contribution < -0.4 is 0 Å². The summed E-state index contributed by atoms with van der Waals surface area (Å²) in [5.41, 5.74) is 0. The first-order valence-corrected chi connectivity index (χ1v) is 15.3. The van der Waals surface area contributed by atoms with Crippen LogP contribution in [0.15, 0.2) is 24.3 Å². The Morgan fingerprint density at radius 3 is 0.946 bits per heavy atom.